The molecule has 2 aromatic carbocycles. The summed E-state index contributed by atoms with van der Waals surface area (Å²) in [7, 11) is 0. The fourth-order valence-corrected chi connectivity index (χ4v) is 3.16. The van der Waals surface area contributed by atoms with E-state index in [1.54, 1.807) is 17.0 Å². The van der Waals surface area contributed by atoms with Crippen LogP contribution in [-0.4, -0.2) is 34.9 Å². The lowest BCUT2D eigenvalue weighted by Gasteiger charge is -2.34. The van der Waals surface area contributed by atoms with Crippen molar-refractivity contribution in [3.05, 3.63) is 69.5 Å². The fourth-order valence-electron chi connectivity index (χ4n) is 3.16. The second-order valence-electron chi connectivity index (χ2n) is 6.52. The molecule has 136 valence electrons. The summed E-state index contributed by atoms with van der Waals surface area (Å²) in [6.07, 6.45) is 1.65. The molecule has 7 heteroatoms. The fraction of sp³-hybridized carbons (Fsp3) is 0.316. The Morgan fingerprint density at radius 2 is 2.00 bits per heavy atom. The number of aryl methyl sites for hydroxylation is 1. The van der Waals surface area contributed by atoms with Crippen molar-refractivity contribution < 1.29 is 14.1 Å². The number of carbonyl (C=O) groups excluding carboxylic acids is 1. The Labute approximate surface area is 150 Å². The van der Waals surface area contributed by atoms with Crippen LogP contribution in [0.2, 0.25) is 0 Å². The number of hydrogen-bond acceptors (Lipinski definition) is 4. The molecular weight excluding hydrogens is 337 g/mol. The van der Waals surface area contributed by atoms with Crippen molar-refractivity contribution in [1.82, 2.24) is 4.90 Å². The number of benzene rings is 2. The number of hydrogen-bond donors (Lipinski definition) is 1. The molecule has 1 atom stereocenters. The standard InChI is InChI=1S/C19H20FN3O3/c1-13-4-9-17(20)18(11-13)21-15-3-2-10-22(12-15)19(24)14-5-7-16(8-6-14)23(25)26/h4-9,11,15,21H,2-3,10,12H2,1H3. The van der Waals surface area contributed by atoms with Crippen LogP contribution < -0.4 is 5.32 Å². The van der Waals surface area contributed by atoms with E-state index >= 15 is 0 Å². The number of piperidine rings is 1. The molecular formula is C19H20FN3O3. The van der Waals surface area contributed by atoms with Gasteiger partial charge in [-0.2, -0.15) is 0 Å². The molecule has 0 radical (unpaired) electrons. The summed E-state index contributed by atoms with van der Waals surface area (Å²) in [5.41, 5.74) is 1.77. The lowest BCUT2D eigenvalue weighted by molar-refractivity contribution is -0.384. The molecule has 1 saturated heterocycles. The molecule has 3 rings (SSSR count). The van der Waals surface area contributed by atoms with Crippen LogP contribution in [0.15, 0.2) is 42.5 Å². The molecule has 1 aliphatic heterocycles. The average Bonchev–Trinajstić information content (AvgIpc) is 2.64. The van der Waals surface area contributed by atoms with Crippen molar-refractivity contribution in [1.29, 1.82) is 0 Å². The molecule has 0 saturated carbocycles. The monoisotopic (exact) mass is 357 g/mol. The molecule has 1 aliphatic rings. The zero-order valence-electron chi connectivity index (χ0n) is 14.4. The molecule has 26 heavy (non-hydrogen) atoms. The highest BCUT2D eigenvalue weighted by Gasteiger charge is 2.25. The molecule has 0 aromatic heterocycles. The summed E-state index contributed by atoms with van der Waals surface area (Å²) in [4.78, 5) is 24.6. The van der Waals surface area contributed by atoms with Crippen molar-refractivity contribution >= 4 is 17.3 Å². The molecule has 1 unspecified atom stereocenters. The molecule has 1 fully saturated rings. The van der Waals surface area contributed by atoms with Crippen LogP contribution in [0, 0.1) is 22.9 Å². The van der Waals surface area contributed by atoms with E-state index < -0.39 is 4.92 Å². The van der Waals surface area contributed by atoms with Crippen molar-refractivity contribution in [3.8, 4) is 0 Å². The molecule has 2 aromatic rings. The molecule has 1 amide bonds. The summed E-state index contributed by atoms with van der Waals surface area (Å²) in [6.45, 7) is 2.98. The first-order valence-corrected chi connectivity index (χ1v) is 8.50. The number of anilines is 1. The molecule has 0 spiro atoms. The SMILES string of the molecule is Cc1ccc(F)c(NC2CCCN(C(=O)c3ccc([N+](=O)[O-])cc3)C2)c1. The van der Waals surface area contributed by atoms with E-state index in [0.29, 0.717) is 24.3 Å². The molecule has 0 aliphatic carbocycles. The minimum absolute atomic E-state index is 0.0398. The summed E-state index contributed by atoms with van der Waals surface area (Å²) in [5.74, 6) is -0.481. The van der Waals surface area contributed by atoms with E-state index in [2.05, 4.69) is 5.32 Å². The number of halogens is 1. The molecule has 1 heterocycles. The number of nitrogens with one attached hydrogen (secondary N) is 1. The topological polar surface area (TPSA) is 75.5 Å². The maximum Gasteiger partial charge on any atom is 0.269 e. The maximum absolute atomic E-state index is 14.0. The maximum atomic E-state index is 14.0. The van der Waals surface area contributed by atoms with Gasteiger partial charge in [-0.25, -0.2) is 4.39 Å². The van der Waals surface area contributed by atoms with Gasteiger partial charge in [-0.1, -0.05) is 6.07 Å². The summed E-state index contributed by atoms with van der Waals surface area (Å²) >= 11 is 0. The van der Waals surface area contributed by atoms with Gasteiger partial charge in [0.25, 0.3) is 11.6 Å². The van der Waals surface area contributed by atoms with E-state index in [1.807, 2.05) is 6.92 Å². The second-order valence-corrected chi connectivity index (χ2v) is 6.52. The number of non-ortho nitro benzene ring substituents is 1. The Bertz CT molecular complexity index is 823. The Hall–Kier alpha value is -2.96. The average molecular weight is 357 g/mol. The number of nitro benzene ring substituents is 1. The van der Waals surface area contributed by atoms with Gasteiger partial charge >= 0.3 is 0 Å². The minimum atomic E-state index is -0.495. The van der Waals surface area contributed by atoms with E-state index in [0.717, 1.165) is 18.4 Å². The summed E-state index contributed by atoms with van der Waals surface area (Å²) in [6, 6.07) is 10.5. The molecule has 0 bridgehead atoms. The van der Waals surface area contributed by atoms with Crippen LogP contribution in [0.5, 0.6) is 0 Å². The Balaban J connectivity index is 1.68. The van der Waals surface area contributed by atoms with E-state index in [1.165, 1.54) is 30.3 Å². The zero-order valence-corrected chi connectivity index (χ0v) is 14.4. The number of carbonyl (C=O) groups is 1. The Morgan fingerprint density at radius 3 is 2.69 bits per heavy atom. The third kappa shape index (κ3) is 3.99. The lowest BCUT2D eigenvalue weighted by atomic mass is 10.0. The highest BCUT2D eigenvalue weighted by atomic mass is 19.1. The highest BCUT2D eigenvalue weighted by Crippen LogP contribution is 2.22. The highest BCUT2D eigenvalue weighted by molar-refractivity contribution is 5.94. The van der Waals surface area contributed by atoms with Crippen LogP contribution in [0.25, 0.3) is 0 Å². The zero-order chi connectivity index (χ0) is 18.7. The van der Waals surface area contributed by atoms with Gasteiger partial charge in [-0.3, -0.25) is 14.9 Å². The number of nitrogens with zero attached hydrogens (tertiary/aromatic N) is 2. The Kier molecular flexibility index (Phi) is 5.16. The van der Waals surface area contributed by atoms with Crippen molar-refractivity contribution in [3.63, 3.8) is 0 Å². The van der Waals surface area contributed by atoms with Gasteiger partial charge in [0.05, 0.1) is 10.6 Å². The number of amides is 1. The van der Waals surface area contributed by atoms with Crippen LogP contribution in [0.3, 0.4) is 0 Å². The van der Waals surface area contributed by atoms with Gasteiger partial charge in [0.2, 0.25) is 0 Å². The first-order chi connectivity index (χ1) is 12.4. The van der Waals surface area contributed by atoms with Gasteiger partial charge < -0.3 is 10.2 Å². The second kappa shape index (κ2) is 7.51. The van der Waals surface area contributed by atoms with Gasteiger partial charge in [0.15, 0.2) is 0 Å². The van der Waals surface area contributed by atoms with Crippen LogP contribution in [-0.2, 0) is 0 Å². The van der Waals surface area contributed by atoms with E-state index in [4.69, 9.17) is 0 Å². The van der Waals surface area contributed by atoms with Crippen LogP contribution in [0.1, 0.15) is 28.8 Å². The van der Waals surface area contributed by atoms with Gasteiger partial charge in [0, 0.05) is 36.8 Å². The number of likely N-dealkylation sites (tertiary alicyclic amines) is 1. The van der Waals surface area contributed by atoms with E-state index in [-0.39, 0.29) is 23.5 Å². The predicted octanol–water partition coefficient (Wildman–Crippen LogP) is 3.76. The third-order valence-electron chi connectivity index (χ3n) is 4.52. The minimum Gasteiger partial charge on any atom is -0.378 e. The number of rotatable bonds is 4. The number of nitro groups is 1. The quantitative estimate of drug-likeness (QED) is 0.668. The van der Waals surface area contributed by atoms with Crippen molar-refractivity contribution in [2.24, 2.45) is 0 Å². The predicted molar refractivity (Wildman–Crippen MR) is 96.8 cm³/mol. The Morgan fingerprint density at radius 1 is 1.27 bits per heavy atom. The first kappa shape index (κ1) is 17.8. The van der Waals surface area contributed by atoms with Crippen LogP contribution >= 0.6 is 0 Å². The first-order valence-electron chi connectivity index (χ1n) is 8.50. The normalized spacial score (nSPS) is 17.0. The summed E-state index contributed by atoms with van der Waals surface area (Å²) < 4.78 is 14.0. The van der Waals surface area contributed by atoms with Gasteiger partial charge in [0.1, 0.15) is 5.82 Å². The summed E-state index contributed by atoms with van der Waals surface area (Å²) in [5, 5.41) is 13.9. The van der Waals surface area contributed by atoms with E-state index in [9.17, 15) is 19.3 Å². The smallest absolute Gasteiger partial charge is 0.269 e. The third-order valence-corrected chi connectivity index (χ3v) is 4.52. The van der Waals surface area contributed by atoms with Gasteiger partial charge in [-0.05, 0) is 49.6 Å². The largest absolute Gasteiger partial charge is 0.378 e. The van der Waals surface area contributed by atoms with Crippen molar-refractivity contribution in [2.75, 3.05) is 18.4 Å². The van der Waals surface area contributed by atoms with Crippen molar-refractivity contribution in [2.45, 2.75) is 25.8 Å². The lowest BCUT2D eigenvalue weighted by Crippen LogP contribution is -2.45. The molecule has 6 nitrogen and oxygen atoms in total. The van der Waals surface area contributed by atoms with Gasteiger partial charge in [-0.15, -0.1) is 0 Å². The van der Waals surface area contributed by atoms with Crippen LogP contribution in [0.4, 0.5) is 15.8 Å². The molecule has 1 N–H and O–H groups in total.